The molecular formula is C15H17NO5. The number of imide groups is 3. The number of esters is 1. The maximum absolute atomic E-state index is 12.3. The van der Waals surface area contributed by atoms with Gasteiger partial charge < -0.3 is 4.74 Å². The van der Waals surface area contributed by atoms with Crippen molar-refractivity contribution < 1.29 is 23.9 Å². The molecule has 1 heterocycles. The lowest BCUT2D eigenvalue weighted by molar-refractivity contribution is -0.152. The third kappa shape index (κ3) is 1.85. The molecule has 5 atom stereocenters. The molecule has 0 spiro atoms. The molecule has 3 rings (SSSR count). The topological polar surface area (TPSA) is 80.8 Å². The number of carbonyl (C=O) groups excluding carboxylic acids is 4. The number of carbonyl (C=O) groups is 4. The Labute approximate surface area is 122 Å². The van der Waals surface area contributed by atoms with Gasteiger partial charge in [-0.15, -0.1) is 0 Å². The minimum Gasteiger partial charge on any atom is -0.459 e. The molecule has 0 aromatic carbocycles. The smallest absolute Gasteiger partial charge is 0.333 e. The summed E-state index contributed by atoms with van der Waals surface area (Å²) in [6.07, 6.45) is 0.923. The summed E-state index contributed by atoms with van der Waals surface area (Å²) in [7, 11) is 0. The minimum absolute atomic E-state index is 0.0173. The monoisotopic (exact) mass is 291 g/mol. The first kappa shape index (κ1) is 14.0. The van der Waals surface area contributed by atoms with Crippen LogP contribution in [0.3, 0.4) is 0 Å². The van der Waals surface area contributed by atoms with Crippen molar-refractivity contribution in [3.63, 3.8) is 0 Å². The summed E-state index contributed by atoms with van der Waals surface area (Å²) in [6.45, 7) is 6.33. The molecule has 6 nitrogen and oxygen atoms in total. The van der Waals surface area contributed by atoms with Crippen LogP contribution in [0, 0.1) is 23.7 Å². The van der Waals surface area contributed by atoms with Crippen LogP contribution in [-0.4, -0.2) is 34.7 Å². The summed E-state index contributed by atoms with van der Waals surface area (Å²) in [5.41, 5.74) is 0.313. The molecule has 1 saturated heterocycles. The van der Waals surface area contributed by atoms with Crippen LogP contribution in [0.15, 0.2) is 12.2 Å². The zero-order valence-corrected chi connectivity index (χ0v) is 12.0. The second-order valence-corrected chi connectivity index (χ2v) is 6.20. The fraction of sp³-hybridized carbons (Fsp3) is 0.600. The molecule has 1 aliphatic heterocycles. The van der Waals surface area contributed by atoms with E-state index in [2.05, 4.69) is 6.58 Å². The van der Waals surface area contributed by atoms with Crippen molar-refractivity contribution in [2.24, 2.45) is 23.7 Å². The van der Waals surface area contributed by atoms with Gasteiger partial charge in [-0.25, -0.2) is 9.69 Å². The summed E-state index contributed by atoms with van der Waals surface area (Å²) in [5.74, 6) is -2.88. The summed E-state index contributed by atoms with van der Waals surface area (Å²) in [6, 6.07) is 0. The van der Waals surface area contributed by atoms with Gasteiger partial charge in [0.1, 0.15) is 6.10 Å². The van der Waals surface area contributed by atoms with Gasteiger partial charge in [0.05, 0.1) is 11.8 Å². The average molecular weight is 291 g/mol. The maximum atomic E-state index is 12.3. The van der Waals surface area contributed by atoms with E-state index in [0.29, 0.717) is 18.4 Å². The number of nitrogens with zero attached hydrogens (tertiary/aromatic N) is 1. The zero-order valence-electron chi connectivity index (χ0n) is 12.0. The summed E-state index contributed by atoms with van der Waals surface area (Å²) in [4.78, 5) is 48.4. The SMILES string of the molecule is C=C(C)C(=O)OC1CC2CC1C1C(=O)N(C(C)=O)C(=O)C21. The molecule has 3 amide bonds. The fourth-order valence-electron chi connectivity index (χ4n) is 4.08. The van der Waals surface area contributed by atoms with E-state index < -0.39 is 29.6 Å². The third-order valence-corrected chi connectivity index (χ3v) is 4.88. The molecule has 3 aliphatic rings. The highest BCUT2D eigenvalue weighted by Gasteiger charge is 2.65. The van der Waals surface area contributed by atoms with Gasteiger partial charge >= 0.3 is 5.97 Å². The van der Waals surface area contributed by atoms with Crippen molar-refractivity contribution in [3.8, 4) is 0 Å². The lowest BCUT2D eigenvalue weighted by Crippen LogP contribution is -2.37. The second-order valence-electron chi connectivity index (χ2n) is 6.20. The van der Waals surface area contributed by atoms with Gasteiger partial charge in [0.25, 0.3) is 0 Å². The number of amides is 3. The maximum Gasteiger partial charge on any atom is 0.333 e. The van der Waals surface area contributed by atoms with E-state index in [1.807, 2.05) is 0 Å². The highest BCUT2D eigenvalue weighted by molar-refractivity contribution is 6.17. The molecule has 6 heteroatoms. The first-order valence-corrected chi connectivity index (χ1v) is 7.07. The normalized spacial score (nSPS) is 36.9. The molecule has 112 valence electrons. The third-order valence-electron chi connectivity index (χ3n) is 4.88. The number of hydrogen-bond acceptors (Lipinski definition) is 5. The lowest BCUT2D eigenvalue weighted by atomic mass is 9.79. The van der Waals surface area contributed by atoms with Crippen molar-refractivity contribution in [3.05, 3.63) is 12.2 Å². The summed E-state index contributed by atoms with van der Waals surface area (Å²) in [5, 5.41) is 0. The van der Waals surface area contributed by atoms with E-state index >= 15 is 0 Å². The van der Waals surface area contributed by atoms with Crippen molar-refractivity contribution in [1.29, 1.82) is 0 Å². The van der Waals surface area contributed by atoms with Gasteiger partial charge in [-0.2, -0.15) is 0 Å². The number of rotatable bonds is 2. The van der Waals surface area contributed by atoms with Gasteiger partial charge in [0.15, 0.2) is 0 Å². The Bertz CT molecular complexity index is 581. The Morgan fingerprint density at radius 3 is 2.33 bits per heavy atom. The Hall–Kier alpha value is -1.98. The number of ether oxygens (including phenoxy) is 1. The lowest BCUT2D eigenvalue weighted by Gasteiger charge is -2.28. The van der Waals surface area contributed by atoms with Gasteiger partial charge in [-0.1, -0.05) is 6.58 Å². The zero-order chi connectivity index (χ0) is 15.5. The van der Waals surface area contributed by atoms with Gasteiger partial charge in [0.2, 0.25) is 17.7 Å². The van der Waals surface area contributed by atoms with Crippen LogP contribution < -0.4 is 0 Å². The molecular weight excluding hydrogens is 274 g/mol. The molecule has 3 fully saturated rings. The van der Waals surface area contributed by atoms with Gasteiger partial charge in [0, 0.05) is 18.4 Å². The van der Waals surface area contributed by atoms with E-state index in [1.165, 1.54) is 6.92 Å². The van der Waals surface area contributed by atoms with Crippen LogP contribution in [0.1, 0.15) is 26.7 Å². The molecule has 0 aromatic heterocycles. The van der Waals surface area contributed by atoms with E-state index in [9.17, 15) is 19.2 Å². The van der Waals surface area contributed by atoms with Crippen LogP contribution in [-0.2, 0) is 23.9 Å². The van der Waals surface area contributed by atoms with Gasteiger partial charge in [-0.3, -0.25) is 14.4 Å². The highest BCUT2D eigenvalue weighted by atomic mass is 16.5. The Kier molecular flexibility index (Phi) is 3.00. The van der Waals surface area contributed by atoms with Crippen LogP contribution in [0.4, 0.5) is 0 Å². The summed E-state index contributed by atoms with van der Waals surface area (Å²) < 4.78 is 5.39. The van der Waals surface area contributed by atoms with E-state index in [4.69, 9.17) is 4.74 Å². The Balaban J connectivity index is 1.82. The van der Waals surface area contributed by atoms with Gasteiger partial charge in [-0.05, 0) is 25.7 Å². The largest absolute Gasteiger partial charge is 0.459 e. The molecule has 2 saturated carbocycles. The molecule has 2 bridgehead atoms. The average Bonchev–Trinajstić information content (AvgIpc) is 3.01. The standard InChI is InChI=1S/C15H17NO5/c1-6(2)15(20)21-10-5-8-4-9(10)12-11(8)13(18)16(7(3)17)14(12)19/h8-12H,1,4-5H2,2-3H3. The number of fused-ring (bicyclic) bond motifs is 5. The predicted octanol–water partition coefficient (Wildman–Crippen LogP) is 0.662. The van der Waals surface area contributed by atoms with E-state index in [1.54, 1.807) is 6.92 Å². The first-order chi connectivity index (χ1) is 9.82. The Morgan fingerprint density at radius 1 is 1.14 bits per heavy atom. The van der Waals surface area contributed by atoms with Crippen LogP contribution >= 0.6 is 0 Å². The van der Waals surface area contributed by atoms with Crippen molar-refractivity contribution in [2.45, 2.75) is 32.8 Å². The van der Waals surface area contributed by atoms with E-state index in [0.717, 1.165) is 4.90 Å². The highest BCUT2D eigenvalue weighted by Crippen LogP contribution is 2.57. The molecule has 0 radical (unpaired) electrons. The predicted molar refractivity (Wildman–Crippen MR) is 70.4 cm³/mol. The van der Waals surface area contributed by atoms with Crippen molar-refractivity contribution in [1.82, 2.24) is 4.90 Å². The van der Waals surface area contributed by atoms with Crippen LogP contribution in [0.25, 0.3) is 0 Å². The summed E-state index contributed by atoms with van der Waals surface area (Å²) >= 11 is 0. The first-order valence-electron chi connectivity index (χ1n) is 7.07. The number of likely N-dealkylation sites (tertiary alicyclic amines) is 1. The quantitative estimate of drug-likeness (QED) is 0.424. The van der Waals surface area contributed by atoms with Crippen LogP contribution in [0.5, 0.6) is 0 Å². The van der Waals surface area contributed by atoms with Crippen molar-refractivity contribution >= 4 is 23.7 Å². The van der Waals surface area contributed by atoms with Crippen molar-refractivity contribution in [2.75, 3.05) is 0 Å². The second kappa shape index (κ2) is 4.51. The van der Waals surface area contributed by atoms with Crippen LogP contribution in [0.2, 0.25) is 0 Å². The molecule has 0 N–H and O–H groups in total. The molecule has 21 heavy (non-hydrogen) atoms. The fourth-order valence-corrected chi connectivity index (χ4v) is 4.08. The van der Waals surface area contributed by atoms with E-state index in [-0.39, 0.29) is 23.8 Å². The number of hydrogen-bond donors (Lipinski definition) is 0. The Morgan fingerprint density at radius 2 is 1.76 bits per heavy atom. The molecule has 2 aliphatic carbocycles. The minimum atomic E-state index is -0.533. The molecule has 0 aromatic rings. The molecule has 5 unspecified atom stereocenters.